The third-order valence-electron chi connectivity index (χ3n) is 2.24. The van der Waals surface area contributed by atoms with Crippen LogP contribution in [0.2, 0.25) is 0 Å². The van der Waals surface area contributed by atoms with Crippen molar-refractivity contribution in [3.63, 3.8) is 0 Å². The molecular weight excluding hydrogens is 242 g/mol. The Balaban J connectivity index is 3.85. The van der Waals surface area contributed by atoms with Gasteiger partial charge in [0.15, 0.2) is 0 Å². The van der Waals surface area contributed by atoms with Gasteiger partial charge in [-0.2, -0.15) is 0 Å². The fourth-order valence-corrected chi connectivity index (χ4v) is 2.24. The van der Waals surface area contributed by atoms with Crippen molar-refractivity contribution < 1.29 is 13.2 Å². The smallest absolute Gasteiger partial charge is 0.236 e. The van der Waals surface area contributed by atoms with E-state index in [1.54, 1.807) is 6.92 Å². The maximum atomic E-state index is 11.4. The molecule has 0 spiro atoms. The van der Waals surface area contributed by atoms with Crippen molar-refractivity contribution in [2.75, 3.05) is 18.8 Å². The van der Waals surface area contributed by atoms with Gasteiger partial charge in [0.25, 0.3) is 0 Å². The minimum absolute atomic E-state index is 0.0913. The van der Waals surface area contributed by atoms with Crippen LogP contribution in [0, 0.1) is 0 Å². The summed E-state index contributed by atoms with van der Waals surface area (Å²) in [7, 11) is -3.28. The first-order valence-electron chi connectivity index (χ1n) is 5.93. The van der Waals surface area contributed by atoms with Crippen LogP contribution in [0.4, 0.5) is 0 Å². The predicted molar refractivity (Wildman–Crippen MR) is 68.0 cm³/mol. The Bertz CT molecular complexity index is 317. The summed E-state index contributed by atoms with van der Waals surface area (Å²) in [6.07, 6.45) is 2.50. The summed E-state index contributed by atoms with van der Waals surface area (Å²) in [6, 6.07) is -0.545. The summed E-state index contributed by atoms with van der Waals surface area (Å²) in [5.74, 6) is -0.405. The first-order chi connectivity index (χ1) is 7.93. The molecule has 0 bridgehead atoms. The molecule has 0 heterocycles. The van der Waals surface area contributed by atoms with E-state index in [2.05, 4.69) is 10.0 Å². The molecule has 0 saturated heterocycles. The fourth-order valence-electron chi connectivity index (χ4n) is 1.29. The highest BCUT2D eigenvalue weighted by atomic mass is 32.2. The summed E-state index contributed by atoms with van der Waals surface area (Å²) in [4.78, 5) is 11.4. The van der Waals surface area contributed by atoms with E-state index < -0.39 is 16.1 Å². The van der Waals surface area contributed by atoms with Crippen molar-refractivity contribution in [3.8, 4) is 0 Å². The molecule has 7 heteroatoms. The molecule has 17 heavy (non-hydrogen) atoms. The number of sulfonamides is 1. The summed E-state index contributed by atoms with van der Waals surface area (Å²) in [6.45, 7) is 4.17. The number of amides is 1. The van der Waals surface area contributed by atoms with Crippen molar-refractivity contribution >= 4 is 15.9 Å². The number of hydrogen-bond donors (Lipinski definition) is 3. The number of unbranched alkanes of at least 4 members (excludes halogenated alkanes) is 1. The monoisotopic (exact) mass is 265 g/mol. The third-order valence-corrected chi connectivity index (χ3v) is 3.71. The summed E-state index contributed by atoms with van der Waals surface area (Å²) < 4.78 is 24.9. The van der Waals surface area contributed by atoms with E-state index in [4.69, 9.17) is 5.73 Å². The first-order valence-corrected chi connectivity index (χ1v) is 7.58. The average Bonchev–Trinajstić information content (AvgIpc) is 2.25. The Morgan fingerprint density at radius 2 is 2.00 bits per heavy atom. The molecule has 0 aliphatic heterocycles. The molecule has 0 fully saturated rings. The Morgan fingerprint density at radius 1 is 1.35 bits per heavy atom. The van der Waals surface area contributed by atoms with Gasteiger partial charge in [0, 0.05) is 13.1 Å². The Labute approximate surface area is 103 Å². The highest BCUT2D eigenvalue weighted by Crippen LogP contribution is 1.97. The quantitative estimate of drug-likeness (QED) is 0.526. The van der Waals surface area contributed by atoms with Gasteiger partial charge in [-0.25, -0.2) is 13.1 Å². The Kier molecular flexibility index (Phi) is 8.11. The van der Waals surface area contributed by atoms with Crippen LogP contribution in [0.5, 0.6) is 0 Å². The molecule has 0 rings (SSSR count). The lowest BCUT2D eigenvalue weighted by Crippen LogP contribution is -2.43. The van der Waals surface area contributed by atoms with Gasteiger partial charge in [0.1, 0.15) is 0 Å². The molecular formula is C10H23N3O3S. The molecule has 0 aromatic carbocycles. The van der Waals surface area contributed by atoms with E-state index in [9.17, 15) is 13.2 Å². The zero-order chi connectivity index (χ0) is 13.3. The van der Waals surface area contributed by atoms with Gasteiger partial charge in [0.2, 0.25) is 15.9 Å². The summed E-state index contributed by atoms with van der Waals surface area (Å²) >= 11 is 0. The maximum absolute atomic E-state index is 11.4. The van der Waals surface area contributed by atoms with Gasteiger partial charge in [-0.05, 0) is 6.42 Å². The van der Waals surface area contributed by atoms with Crippen molar-refractivity contribution in [1.82, 2.24) is 10.0 Å². The highest BCUT2D eigenvalue weighted by Gasteiger charge is 2.14. The number of nitrogens with one attached hydrogen (secondary N) is 2. The van der Waals surface area contributed by atoms with E-state index >= 15 is 0 Å². The number of hydrogen-bond acceptors (Lipinski definition) is 4. The lowest BCUT2D eigenvalue weighted by molar-refractivity contribution is -0.122. The summed E-state index contributed by atoms with van der Waals surface area (Å²) in [5.41, 5.74) is 5.63. The molecule has 0 aromatic heterocycles. The SMILES string of the molecule is CCCC[C@H](N)C(=O)NCCS(=O)(=O)NCC. The first kappa shape index (κ1) is 16.3. The minimum Gasteiger partial charge on any atom is -0.354 e. The van der Waals surface area contributed by atoms with Crippen molar-refractivity contribution in [2.24, 2.45) is 5.73 Å². The van der Waals surface area contributed by atoms with Gasteiger partial charge < -0.3 is 11.1 Å². The second kappa shape index (κ2) is 8.43. The van der Waals surface area contributed by atoms with Gasteiger partial charge in [-0.1, -0.05) is 26.7 Å². The van der Waals surface area contributed by atoms with E-state index in [1.807, 2.05) is 6.92 Å². The molecule has 6 nitrogen and oxygen atoms in total. The second-order valence-electron chi connectivity index (χ2n) is 3.86. The lowest BCUT2D eigenvalue weighted by atomic mass is 10.1. The molecule has 0 aromatic rings. The van der Waals surface area contributed by atoms with E-state index in [-0.39, 0.29) is 18.2 Å². The highest BCUT2D eigenvalue weighted by molar-refractivity contribution is 7.89. The fraction of sp³-hybridized carbons (Fsp3) is 0.900. The zero-order valence-corrected chi connectivity index (χ0v) is 11.3. The van der Waals surface area contributed by atoms with Crippen LogP contribution in [-0.2, 0) is 14.8 Å². The standard InChI is InChI=1S/C10H23N3O3S/c1-3-5-6-9(11)10(14)12-7-8-17(15,16)13-4-2/h9,13H,3-8,11H2,1-2H3,(H,12,14)/t9-/m0/s1. The molecule has 0 saturated carbocycles. The number of nitrogens with two attached hydrogens (primary N) is 1. The summed E-state index contributed by atoms with van der Waals surface area (Å²) in [5, 5.41) is 2.52. The average molecular weight is 265 g/mol. The Hall–Kier alpha value is -0.660. The van der Waals surface area contributed by atoms with Gasteiger partial charge >= 0.3 is 0 Å². The molecule has 0 radical (unpaired) electrons. The van der Waals surface area contributed by atoms with Gasteiger partial charge in [0.05, 0.1) is 11.8 Å². The minimum atomic E-state index is -3.28. The van der Waals surface area contributed by atoms with Crippen LogP contribution < -0.4 is 15.8 Å². The normalized spacial score (nSPS) is 13.4. The second-order valence-corrected chi connectivity index (χ2v) is 5.78. The van der Waals surface area contributed by atoms with Crippen molar-refractivity contribution in [2.45, 2.75) is 39.2 Å². The third kappa shape index (κ3) is 8.12. The number of carbonyl (C=O) groups excluding carboxylic acids is 1. The number of carbonyl (C=O) groups is 1. The molecule has 0 aliphatic rings. The number of rotatable bonds is 9. The molecule has 1 amide bonds. The predicted octanol–water partition coefficient (Wildman–Crippen LogP) is -0.441. The van der Waals surface area contributed by atoms with Crippen LogP contribution >= 0.6 is 0 Å². The van der Waals surface area contributed by atoms with Crippen molar-refractivity contribution in [3.05, 3.63) is 0 Å². The maximum Gasteiger partial charge on any atom is 0.236 e. The molecule has 1 atom stereocenters. The van der Waals surface area contributed by atoms with Gasteiger partial charge in [-0.15, -0.1) is 0 Å². The molecule has 102 valence electrons. The van der Waals surface area contributed by atoms with Crippen molar-refractivity contribution in [1.29, 1.82) is 0 Å². The van der Waals surface area contributed by atoms with Crippen LogP contribution in [0.25, 0.3) is 0 Å². The lowest BCUT2D eigenvalue weighted by Gasteiger charge is -2.11. The molecule has 0 unspecified atom stereocenters. The van der Waals surface area contributed by atoms with Gasteiger partial charge in [-0.3, -0.25) is 4.79 Å². The largest absolute Gasteiger partial charge is 0.354 e. The van der Waals surface area contributed by atoms with E-state index in [0.29, 0.717) is 13.0 Å². The molecule has 0 aliphatic carbocycles. The molecule has 4 N–H and O–H groups in total. The Morgan fingerprint density at radius 3 is 2.53 bits per heavy atom. The van der Waals surface area contributed by atoms with E-state index in [1.165, 1.54) is 0 Å². The van der Waals surface area contributed by atoms with Crippen LogP contribution in [-0.4, -0.2) is 39.2 Å². The van der Waals surface area contributed by atoms with Crippen LogP contribution in [0.1, 0.15) is 33.1 Å². The zero-order valence-electron chi connectivity index (χ0n) is 10.5. The topological polar surface area (TPSA) is 101 Å². The van der Waals surface area contributed by atoms with Crippen LogP contribution in [0.15, 0.2) is 0 Å². The van der Waals surface area contributed by atoms with Crippen LogP contribution in [0.3, 0.4) is 0 Å². The van der Waals surface area contributed by atoms with E-state index in [0.717, 1.165) is 12.8 Å².